The van der Waals surface area contributed by atoms with E-state index in [-0.39, 0.29) is 23.7 Å². The number of carbonyl (C=O) groups is 1. The van der Waals surface area contributed by atoms with Crippen molar-refractivity contribution in [3.8, 4) is 0 Å². The third kappa shape index (κ3) is 5.59. The van der Waals surface area contributed by atoms with Gasteiger partial charge >= 0.3 is 5.97 Å². The van der Waals surface area contributed by atoms with Crippen LogP contribution in [-0.2, 0) is 28.8 Å². The summed E-state index contributed by atoms with van der Waals surface area (Å²) >= 11 is 0. The number of carboxylic acid groups (broad SMARTS) is 1. The van der Waals surface area contributed by atoms with Crippen LogP contribution in [0.3, 0.4) is 0 Å². The van der Waals surface area contributed by atoms with Crippen LogP contribution in [0.15, 0.2) is 36.7 Å². The highest BCUT2D eigenvalue weighted by Gasteiger charge is 2.30. The van der Waals surface area contributed by atoms with E-state index >= 15 is 0 Å². The Balaban J connectivity index is 1.06. The van der Waals surface area contributed by atoms with Gasteiger partial charge < -0.3 is 15.2 Å². The predicted octanol–water partition coefficient (Wildman–Crippen LogP) is 4.73. The van der Waals surface area contributed by atoms with E-state index in [1.807, 2.05) is 0 Å². The lowest BCUT2D eigenvalue weighted by Gasteiger charge is -2.35. The molecule has 0 spiro atoms. The number of pyridine rings is 1. The zero-order valence-electron chi connectivity index (χ0n) is 19.8. The molecule has 0 aliphatic heterocycles. The molecule has 0 radical (unpaired) electrons. The van der Waals surface area contributed by atoms with Gasteiger partial charge in [0, 0.05) is 24.4 Å². The molecule has 1 unspecified atom stereocenters. The van der Waals surface area contributed by atoms with Crippen molar-refractivity contribution in [1.82, 2.24) is 15.0 Å². The highest BCUT2D eigenvalue weighted by Crippen LogP contribution is 2.34. The number of benzene rings is 1. The van der Waals surface area contributed by atoms with Gasteiger partial charge in [-0.25, -0.2) is 19.2 Å². The Kier molecular flexibility index (Phi) is 7.18. The fourth-order valence-electron chi connectivity index (χ4n) is 5.12. The molecule has 1 fully saturated rings. The minimum absolute atomic E-state index is 0.170. The molecule has 2 heterocycles. The molecule has 0 amide bonds. The molecular weight excluding hydrogens is 447 g/mol. The van der Waals surface area contributed by atoms with Crippen molar-refractivity contribution < 1.29 is 19.0 Å². The van der Waals surface area contributed by atoms with E-state index in [4.69, 9.17) is 9.72 Å². The number of hydrogen-bond donors (Lipinski definition) is 2. The number of aromatic nitrogens is 3. The SMILES string of the molecule is O=C(O)C(CCOC1CC(CCc2ccc3c(n2)CCCC3)C1)Nc1ncnc2cccc(F)c12. The summed E-state index contributed by atoms with van der Waals surface area (Å²) in [5.74, 6) is -0.709. The molecule has 1 aromatic carbocycles. The van der Waals surface area contributed by atoms with Gasteiger partial charge in [0.05, 0.1) is 17.0 Å². The number of nitrogens with zero attached hydrogens (tertiary/aromatic N) is 3. The summed E-state index contributed by atoms with van der Waals surface area (Å²) in [4.78, 5) is 24.8. The van der Waals surface area contributed by atoms with Crippen molar-refractivity contribution in [2.75, 3.05) is 11.9 Å². The van der Waals surface area contributed by atoms with Gasteiger partial charge in [-0.1, -0.05) is 12.1 Å². The molecule has 7 nitrogen and oxygen atoms in total. The first-order chi connectivity index (χ1) is 17.1. The maximum absolute atomic E-state index is 14.3. The molecule has 3 aromatic rings. The second kappa shape index (κ2) is 10.6. The fourth-order valence-corrected chi connectivity index (χ4v) is 5.12. The van der Waals surface area contributed by atoms with Crippen LogP contribution in [0.1, 0.15) is 55.5 Å². The second-order valence-electron chi connectivity index (χ2n) is 9.66. The van der Waals surface area contributed by atoms with Gasteiger partial charge in [0.2, 0.25) is 0 Å². The first-order valence-electron chi connectivity index (χ1n) is 12.5. The van der Waals surface area contributed by atoms with Crippen LogP contribution in [0.4, 0.5) is 10.2 Å². The maximum atomic E-state index is 14.3. The Morgan fingerprint density at radius 3 is 2.89 bits per heavy atom. The monoisotopic (exact) mass is 478 g/mol. The number of halogens is 1. The van der Waals surface area contributed by atoms with E-state index in [2.05, 4.69) is 27.4 Å². The zero-order chi connectivity index (χ0) is 24.2. The van der Waals surface area contributed by atoms with E-state index in [0.717, 1.165) is 38.5 Å². The number of nitrogens with one attached hydrogen (secondary N) is 1. The Morgan fingerprint density at radius 1 is 1.17 bits per heavy atom. The average molecular weight is 479 g/mol. The Labute approximate surface area is 204 Å². The summed E-state index contributed by atoms with van der Waals surface area (Å²) in [6.45, 7) is 0.319. The van der Waals surface area contributed by atoms with Gasteiger partial charge in [-0.3, -0.25) is 4.98 Å². The number of aryl methyl sites for hydroxylation is 3. The summed E-state index contributed by atoms with van der Waals surface area (Å²) in [7, 11) is 0. The number of ether oxygens (including phenoxy) is 1. The summed E-state index contributed by atoms with van der Waals surface area (Å²) in [5.41, 5.74) is 4.33. The van der Waals surface area contributed by atoms with Crippen molar-refractivity contribution in [2.24, 2.45) is 5.92 Å². The van der Waals surface area contributed by atoms with Crippen molar-refractivity contribution >= 4 is 22.7 Å². The molecule has 8 heteroatoms. The van der Waals surface area contributed by atoms with Crippen LogP contribution in [0, 0.1) is 11.7 Å². The molecule has 1 saturated carbocycles. The van der Waals surface area contributed by atoms with Gasteiger partial charge in [0.15, 0.2) is 0 Å². The van der Waals surface area contributed by atoms with Gasteiger partial charge in [0.1, 0.15) is 24.0 Å². The van der Waals surface area contributed by atoms with Crippen LogP contribution < -0.4 is 5.32 Å². The van der Waals surface area contributed by atoms with Gasteiger partial charge in [-0.05, 0) is 81.0 Å². The molecule has 0 saturated heterocycles. The second-order valence-corrected chi connectivity index (χ2v) is 9.66. The number of hydrogen-bond acceptors (Lipinski definition) is 6. The van der Waals surface area contributed by atoms with Gasteiger partial charge in [0.25, 0.3) is 0 Å². The number of fused-ring (bicyclic) bond motifs is 2. The molecular formula is C27H31FN4O3. The van der Waals surface area contributed by atoms with Crippen molar-refractivity contribution in [1.29, 1.82) is 0 Å². The summed E-state index contributed by atoms with van der Waals surface area (Å²) in [6, 6.07) is 8.05. The largest absolute Gasteiger partial charge is 0.480 e. The first-order valence-corrected chi connectivity index (χ1v) is 12.5. The van der Waals surface area contributed by atoms with E-state index < -0.39 is 17.8 Å². The topological polar surface area (TPSA) is 97.2 Å². The third-order valence-corrected chi connectivity index (χ3v) is 7.22. The number of aliphatic carboxylic acids is 1. The highest BCUT2D eigenvalue weighted by atomic mass is 19.1. The van der Waals surface area contributed by atoms with E-state index in [0.29, 0.717) is 18.0 Å². The summed E-state index contributed by atoms with van der Waals surface area (Å²) in [5, 5.41) is 12.7. The predicted molar refractivity (Wildman–Crippen MR) is 131 cm³/mol. The molecule has 2 aromatic heterocycles. The molecule has 35 heavy (non-hydrogen) atoms. The smallest absolute Gasteiger partial charge is 0.326 e. The first kappa shape index (κ1) is 23.6. The van der Waals surface area contributed by atoms with Crippen LogP contribution in [0.5, 0.6) is 0 Å². The Hall–Kier alpha value is -3.13. The van der Waals surface area contributed by atoms with E-state index in [1.165, 1.54) is 42.2 Å². The Bertz CT molecular complexity index is 1190. The van der Waals surface area contributed by atoms with Crippen molar-refractivity contribution in [3.63, 3.8) is 0 Å². The third-order valence-electron chi connectivity index (χ3n) is 7.22. The lowest BCUT2D eigenvalue weighted by molar-refractivity contribution is -0.138. The lowest BCUT2D eigenvalue weighted by Crippen LogP contribution is -2.35. The Morgan fingerprint density at radius 2 is 2.03 bits per heavy atom. The van der Waals surface area contributed by atoms with Crippen LogP contribution >= 0.6 is 0 Å². The van der Waals surface area contributed by atoms with Gasteiger partial charge in [-0.15, -0.1) is 0 Å². The lowest BCUT2D eigenvalue weighted by atomic mass is 9.79. The standard InChI is InChI=1S/C27H31FN4O3/c28-21-5-3-7-23-25(21)26(30-16-29-23)32-24(27(33)34)12-13-35-20-14-17(15-20)8-10-19-11-9-18-4-1-2-6-22(18)31-19/h3,5,7,9,11,16-17,20,24H,1-2,4,6,8,10,12-15H2,(H,33,34)(H,29,30,32). The quantitative estimate of drug-likeness (QED) is 0.435. The van der Waals surface area contributed by atoms with Crippen molar-refractivity contribution in [3.05, 3.63) is 59.4 Å². The molecule has 1 atom stereocenters. The minimum Gasteiger partial charge on any atom is -0.480 e. The highest BCUT2D eigenvalue weighted by molar-refractivity contribution is 5.91. The minimum atomic E-state index is -1.03. The molecule has 5 rings (SSSR count). The van der Waals surface area contributed by atoms with Gasteiger partial charge in [-0.2, -0.15) is 0 Å². The molecule has 0 bridgehead atoms. The van der Waals surface area contributed by atoms with E-state index in [1.54, 1.807) is 12.1 Å². The van der Waals surface area contributed by atoms with Crippen molar-refractivity contribution in [2.45, 2.75) is 69.9 Å². The van der Waals surface area contributed by atoms with Crippen LogP contribution in [0.2, 0.25) is 0 Å². The van der Waals surface area contributed by atoms with E-state index in [9.17, 15) is 14.3 Å². The average Bonchev–Trinajstić information content (AvgIpc) is 2.84. The number of carboxylic acids is 1. The summed E-state index contributed by atoms with van der Waals surface area (Å²) < 4.78 is 20.2. The molecule has 184 valence electrons. The molecule has 2 aliphatic carbocycles. The molecule has 2 aliphatic rings. The normalized spacial score (nSPS) is 20.1. The fraction of sp³-hybridized carbons (Fsp3) is 0.481. The number of rotatable bonds is 10. The summed E-state index contributed by atoms with van der Waals surface area (Å²) in [6.07, 6.45) is 10.6. The van der Waals surface area contributed by atoms with Crippen LogP contribution in [-0.4, -0.2) is 44.8 Å². The van der Waals surface area contributed by atoms with Crippen LogP contribution in [0.25, 0.3) is 10.9 Å². The maximum Gasteiger partial charge on any atom is 0.326 e. The molecule has 2 N–H and O–H groups in total. The zero-order valence-corrected chi connectivity index (χ0v) is 19.8. The number of anilines is 1.